The van der Waals surface area contributed by atoms with Crippen LogP contribution in [0.25, 0.3) is 0 Å². The zero-order valence-electron chi connectivity index (χ0n) is 17.5. The van der Waals surface area contributed by atoms with Gasteiger partial charge in [-0.3, -0.25) is 9.59 Å². The van der Waals surface area contributed by atoms with Crippen LogP contribution < -0.4 is 10.1 Å². The Kier molecular flexibility index (Phi) is 8.92. The molecule has 0 aliphatic heterocycles. The molecule has 2 amide bonds. The summed E-state index contributed by atoms with van der Waals surface area (Å²) in [7, 11) is 2.11. The van der Waals surface area contributed by atoms with Gasteiger partial charge in [0, 0.05) is 6.54 Å². The van der Waals surface area contributed by atoms with E-state index in [-0.39, 0.29) is 0 Å². The van der Waals surface area contributed by atoms with E-state index >= 15 is 0 Å². The van der Waals surface area contributed by atoms with Crippen molar-refractivity contribution in [3.63, 3.8) is 0 Å². The van der Waals surface area contributed by atoms with Crippen LogP contribution in [0.5, 0.6) is 5.75 Å². The Morgan fingerprint density at radius 1 is 1.00 bits per heavy atom. The number of rotatable bonds is 8. The molecule has 0 saturated carbocycles. The van der Waals surface area contributed by atoms with Gasteiger partial charge in [0.05, 0.1) is 14.2 Å². The first-order valence-corrected chi connectivity index (χ1v) is 9.09. The number of benzene rings is 1. The molecule has 0 aliphatic rings. The van der Waals surface area contributed by atoms with Crippen molar-refractivity contribution in [2.75, 3.05) is 14.2 Å². The smallest absolute Gasteiger partial charge is 0.471 e. The number of esters is 1. The number of halogens is 6. The molecule has 1 aromatic carbocycles. The number of nitrogens with zero attached hydrogens (tertiary/aromatic N) is 1. The Bertz CT molecular complexity index is 808. The Balaban J connectivity index is 3.39. The highest BCUT2D eigenvalue weighted by atomic mass is 19.4. The Labute approximate surface area is 179 Å². The number of ether oxygens (including phenoxy) is 2. The normalized spacial score (nSPS) is 13.8. The molecule has 1 aromatic rings. The average molecular weight is 472 g/mol. The average Bonchev–Trinajstić information content (AvgIpc) is 2.69. The van der Waals surface area contributed by atoms with E-state index in [0.29, 0.717) is 11.3 Å². The second-order valence-corrected chi connectivity index (χ2v) is 6.93. The van der Waals surface area contributed by atoms with E-state index in [2.05, 4.69) is 4.74 Å². The van der Waals surface area contributed by atoms with E-state index in [9.17, 15) is 40.7 Å². The zero-order valence-corrected chi connectivity index (χ0v) is 17.5. The predicted octanol–water partition coefficient (Wildman–Crippen LogP) is 2.83. The third kappa shape index (κ3) is 6.76. The lowest BCUT2D eigenvalue weighted by molar-refractivity contribution is -0.221. The lowest BCUT2D eigenvalue weighted by Gasteiger charge is -2.38. The summed E-state index contributed by atoms with van der Waals surface area (Å²) >= 11 is 0. The van der Waals surface area contributed by atoms with Crippen molar-refractivity contribution in [1.29, 1.82) is 0 Å². The van der Waals surface area contributed by atoms with Gasteiger partial charge in [-0.15, -0.1) is 0 Å². The van der Waals surface area contributed by atoms with E-state index in [0.717, 1.165) is 21.0 Å². The summed E-state index contributed by atoms with van der Waals surface area (Å²) in [5, 5.41) is 1.87. The number of hydrogen-bond donors (Lipinski definition) is 1. The maximum Gasteiger partial charge on any atom is 0.471 e. The van der Waals surface area contributed by atoms with Crippen LogP contribution in [-0.2, 0) is 25.7 Å². The van der Waals surface area contributed by atoms with Gasteiger partial charge in [-0.05, 0) is 23.6 Å². The van der Waals surface area contributed by atoms with Crippen molar-refractivity contribution in [2.45, 2.75) is 44.8 Å². The van der Waals surface area contributed by atoms with Crippen LogP contribution in [0.15, 0.2) is 24.3 Å². The van der Waals surface area contributed by atoms with Gasteiger partial charge >= 0.3 is 24.2 Å². The topological polar surface area (TPSA) is 84.9 Å². The van der Waals surface area contributed by atoms with Gasteiger partial charge in [-0.25, -0.2) is 4.79 Å². The predicted molar refractivity (Wildman–Crippen MR) is 98.2 cm³/mol. The molecule has 13 heteroatoms. The molecule has 1 rings (SSSR count). The highest BCUT2D eigenvalue weighted by molar-refractivity contribution is 5.94. The maximum absolute atomic E-state index is 13.8. The molecule has 32 heavy (non-hydrogen) atoms. The van der Waals surface area contributed by atoms with E-state index in [4.69, 9.17) is 4.74 Å². The molecule has 1 unspecified atom stereocenters. The van der Waals surface area contributed by atoms with E-state index in [1.807, 2.05) is 5.32 Å². The zero-order chi connectivity index (χ0) is 24.9. The van der Waals surface area contributed by atoms with Crippen LogP contribution in [-0.4, -0.2) is 61.3 Å². The molecule has 180 valence electrons. The second kappa shape index (κ2) is 10.6. The number of amides is 2. The minimum absolute atomic E-state index is 0.308. The lowest BCUT2D eigenvalue weighted by atomic mass is 9.99. The summed E-state index contributed by atoms with van der Waals surface area (Å²) < 4.78 is 90.1. The minimum atomic E-state index is -5.79. The number of carbonyl (C=O) groups is 3. The summed E-state index contributed by atoms with van der Waals surface area (Å²) in [6.45, 7) is 1.73. The molecule has 7 nitrogen and oxygen atoms in total. The summed E-state index contributed by atoms with van der Waals surface area (Å²) in [5.74, 6) is -7.29. The number of methoxy groups -OCH3 is 2. The molecule has 0 fully saturated rings. The molecular formula is C19H22F6N2O5. The van der Waals surface area contributed by atoms with Crippen molar-refractivity contribution < 1.29 is 50.2 Å². The number of nitrogens with one attached hydrogen (secondary N) is 1. The molecule has 0 spiro atoms. The van der Waals surface area contributed by atoms with Crippen molar-refractivity contribution >= 4 is 17.8 Å². The first-order valence-electron chi connectivity index (χ1n) is 9.09. The van der Waals surface area contributed by atoms with Crippen molar-refractivity contribution in [3.8, 4) is 5.75 Å². The van der Waals surface area contributed by atoms with Crippen LogP contribution in [0.3, 0.4) is 0 Å². The quantitative estimate of drug-likeness (QED) is 0.465. The lowest BCUT2D eigenvalue weighted by Crippen LogP contribution is -2.65. The molecule has 0 saturated heterocycles. The van der Waals surface area contributed by atoms with Crippen LogP contribution in [0.4, 0.5) is 26.3 Å². The molecule has 2 atom stereocenters. The van der Waals surface area contributed by atoms with Crippen LogP contribution in [0, 0.1) is 5.92 Å². The van der Waals surface area contributed by atoms with Gasteiger partial charge in [-0.1, -0.05) is 26.0 Å². The Morgan fingerprint density at radius 3 is 1.91 bits per heavy atom. The second-order valence-electron chi connectivity index (χ2n) is 6.93. The SMILES string of the molecule is COC(=O)[C@H](C(C)C)N(C(=O)C(F)(F)F)C(C(=O)NCc1ccc(OC)cc1)C(F)(F)F. The maximum atomic E-state index is 13.8. The largest absolute Gasteiger partial charge is 0.497 e. The number of carbonyl (C=O) groups excluding carboxylic acids is 3. The molecule has 0 aliphatic carbocycles. The van der Waals surface area contributed by atoms with Crippen LogP contribution in [0.2, 0.25) is 0 Å². The fourth-order valence-electron chi connectivity index (χ4n) is 2.84. The van der Waals surface area contributed by atoms with E-state index in [1.54, 1.807) is 0 Å². The molecule has 0 radical (unpaired) electrons. The minimum Gasteiger partial charge on any atom is -0.497 e. The number of alkyl halides is 6. The van der Waals surface area contributed by atoms with Gasteiger partial charge in [0.15, 0.2) is 0 Å². The summed E-state index contributed by atoms with van der Waals surface area (Å²) in [6.07, 6.45) is -11.4. The Morgan fingerprint density at radius 2 is 1.53 bits per heavy atom. The van der Waals surface area contributed by atoms with Crippen LogP contribution in [0.1, 0.15) is 19.4 Å². The van der Waals surface area contributed by atoms with Gasteiger partial charge in [0.2, 0.25) is 6.04 Å². The van der Waals surface area contributed by atoms with Crippen molar-refractivity contribution in [1.82, 2.24) is 10.2 Å². The molecule has 0 bridgehead atoms. The number of hydrogen-bond acceptors (Lipinski definition) is 5. The first-order chi connectivity index (χ1) is 14.6. The van der Waals surface area contributed by atoms with E-state index < -0.39 is 59.6 Å². The highest BCUT2D eigenvalue weighted by Gasteiger charge is 2.59. The van der Waals surface area contributed by atoms with Gasteiger partial charge < -0.3 is 19.7 Å². The summed E-state index contributed by atoms with van der Waals surface area (Å²) in [4.78, 5) is 35.6. The van der Waals surface area contributed by atoms with E-state index in [1.165, 1.54) is 31.4 Å². The summed E-state index contributed by atoms with van der Waals surface area (Å²) in [6, 6.07) is -0.200. The van der Waals surface area contributed by atoms with Gasteiger partial charge in [-0.2, -0.15) is 26.3 Å². The van der Waals surface area contributed by atoms with Gasteiger partial charge in [0.1, 0.15) is 11.8 Å². The van der Waals surface area contributed by atoms with Gasteiger partial charge in [0.25, 0.3) is 5.91 Å². The first kappa shape index (κ1) is 27.0. The van der Waals surface area contributed by atoms with Crippen molar-refractivity contribution in [2.24, 2.45) is 5.92 Å². The molecule has 0 heterocycles. The molecule has 0 aromatic heterocycles. The standard InChI is InChI=1S/C19H22F6N2O5/c1-10(2)13(16(29)32-4)27(17(30)19(23,24)25)14(18(20,21)22)15(28)26-9-11-5-7-12(31-3)8-6-11/h5-8,10,13-14H,9H2,1-4H3,(H,26,28)/t13-,14?/m0/s1. The monoisotopic (exact) mass is 472 g/mol. The van der Waals surface area contributed by atoms with Crippen molar-refractivity contribution in [3.05, 3.63) is 29.8 Å². The Hall–Kier alpha value is -2.99. The fraction of sp³-hybridized carbons (Fsp3) is 0.526. The summed E-state index contributed by atoms with van der Waals surface area (Å²) in [5.41, 5.74) is 0.308. The third-order valence-corrected chi connectivity index (χ3v) is 4.31. The fourth-order valence-corrected chi connectivity index (χ4v) is 2.84. The molecule has 1 N–H and O–H groups in total. The third-order valence-electron chi connectivity index (χ3n) is 4.31. The highest BCUT2D eigenvalue weighted by Crippen LogP contribution is 2.33. The molecular weight excluding hydrogens is 450 g/mol. The van der Waals surface area contributed by atoms with Crippen LogP contribution >= 0.6 is 0 Å².